The lowest BCUT2D eigenvalue weighted by Gasteiger charge is -2.33. The Balaban J connectivity index is 2.17. The molecular weight excluding hydrogens is 268 g/mol. The molecule has 1 amide bonds. The van der Waals surface area contributed by atoms with Gasteiger partial charge >= 0.3 is 5.97 Å². The van der Waals surface area contributed by atoms with E-state index in [1.165, 1.54) is 0 Å². The van der Waals surface area contributed by atoms with E-state index in [4.69, 9.17) is 5.73 Å². The second-order valence-corrected chi connectivity index (χ2v) is 5.66. The number of fused-ring (bicyclic) bond motifs is 1. The number of carbonyl (C=O) groups is 2. The number of aliphatic carboxylic acids is 1. The summed E-state index contributed by atoms with van der Waals surface area (Å²) in [5.74, 6) is -0.980. The van der Waals surface area contributed by atoms with Crippen LogP contribution in [0.1, 0.15) is 37.7 Å². The number of carboxylic acid groups (broad SMARTS) is 1. The lowest BCUT2D eigenvalue weighted by atomic mass is 9.89. The number of amides is 1. The third-order valence-electron chi connectivity index (χ3n) is 4.10. The average molecular weight is 290 g/mol. The third kappa shape index (κ3) is 3.42. The van der Waals surface area contributed by atoms with Crippen molar-refractivity contribution in [1.82, 2.24) is 0 Å². The first-order valence-electron chi connectivity index (χ1n) is 7.36. The lowest BCUT2D eigenvalue weighted by molar-refractivity contribution is -0.139. The van der Waals surface area contributed by atoms with Crippen molar-refractivity contribution in [3.8, 4) is 0 Å². The van der Waals surface area contributed by atoms with Crippen molar-refractivity contribution in [3.05, 3.63) is 29.8 Å². The van der Waals surface area contributed by atoms with Gasteiger partial charge in [0.1, 0.15) is 0 Å². The van der Waals surface area contributed by atoms with Crippen LogP contribution in [0.4, 0.5) is 5.69 Å². The van der Waals surface area contributed by atoms with E-state index < -0.39 is 11.9 Å². The molecule has 21 heavy (non-hydrogen) atoms. The van der Waals surface area contributed by atoms with Crippen LogP contribution in [-0.4, -0.2) is 30.1 Å². The number of carboxylic acids is 1. The minimum Gasteiger partial charge on any atom is -0.481 e. The highest BCUT2D eigenvalue weighted by atomic mass is 16.4. The first-order chi connectivity index (χ1) is 10.0. The Hall–Kier alpha value is -1.88. The van der Waals surface area contributed by atoms with Gasteiger partial charge in [-0.3, -0.25) is 9.59 Å². The molecule has 114 valence electrons. The van der Waals surface area contributed by atoms with Gasteiger partial charge in [0.05, 0.1) is 5.92 Å². The fraction of sp³-hybridized carbons (Fsp3) is 0.500. The van der Waals surface area contributed by atoms with Crippen LogP contribution < -0.4 is 10.6 Å². The first kappa shape index (κ1) is 15.5. The van der Waals surface area contributed by atoms with E-state index in [0.717, 1.165) is 17.7 Å². The van der Waals surface area contributed by atoms with Crippen LogP contribution in [0.5, 0.6) is 0 Å². The fourth-order valence-electron chi connectivity index (χ4n) is 2.70. The smallest absolute Gasteiger partial charge is 0.311 e. The second kappa shape index (κ2) is 6.72. The number of anilines is 1. The average Bonchev–Trinajstić information content (AvgIpc) is 2.50. The number of rotatable bonds is 5. The van der Waals surface area contributed by atoms with Crippen molar-refractivity contribution in [1.29, 1.82) is 0 Å². The number of para-hydroxylation sites is 1. The SMILES string of the molecule is CC(CN)CCC(=O)N1CCC(C(=O)O)c2ccccc21. The minimum atomic E-state index is -0.827. The molecule has 0 radical (unpaired) electrons. The molecule has 2 atom stereocenters. The monoisotopic (exact) mass is 290 g/mol. The molecule has 0 aliphatic carbocycles. The van der Waals surface area contributed by atoms with Gasteiger partial charge in [-0.2, -0.15) is 0 Å². The van der Waals surface area contributed by atoms with Crippen LogP contribution in [0.15, 0.2) is 24.3 Å². The summed E-state index contributed by atoms with van der Waals surface area (Å²) < 4.78 is 0. The van der Waals surface area contributed by atoms with Gasteiger partial charge in [-0.05, 0) is 36.9 Å². The Morgan fingerprint density at radius 1 is 1.43 bits per heavy atom. The molecule has 1 aromatic rings. The zero-order valence-electron chi connectivity index (χ0n) is 12.3. The topological polar surface area (TPSA) is 83.6 Å². The molecule has 1 aliphatic rings. The summed E-state index contributed by atoms with van der Waals surface area (Å²) >= 11 is 0. The molecule has 2 rings (SSSR count). The Morgan fingerprint density at radius 2 is 2.14 bits per heavy atom. The Kier molecular flexibility index (Phi) is 4.96. The van der Waals surface area contributed by atoms with E-state index in [2.05, 4.69) is 0 Å². The second-order valence-electron chi connectivity index (χ2n) is 5.66. The van der Waals surface area contributed by atoms with Crippen LogP contribution in [-0.2, 0) is 9.59 Å². The van der Waals surface area contributed by atoms with E-state index >= 15 is 0 Å². The van der Waals surface area contributed by atoms with Gasteiger partial charge < -0.3 is 15.7 Å². The van der Waals surface area contributed by atoms with Crippen LogP contribution in [0.2, 0.25) is 0 Å². The third-order valence-corrected chi connectivity index (χ3v) is 4.10. The normalized spacial score (nSPS) is 19.0. The fourth-order valence-corrected chi connectivity index (χ4v) is 2.70. The van der Waals surface area contributed by atoms with Crippen molar-refractivity contribution in [2.24, 2.45) is 11.7 Å². The van der Waals surface area contributed by atoms with Crippen LogP contribution in [0, 0.1) is 5.92 Å². The summed E-state index contributed by atoms with van der Waals surface area (Å²) in [6.07, 6.45) is 1.67. The quantitative estimate of drug-likeness (QED) is 0.868. The predicted octanol–water partition coefficient (Wildman–Crippen LogP) is 1.97. The highest BCUT2D eigenvalue weighted by molar-refractivity contribution is 5.96. The van der Waals surface area contributed by atoms with E-state index in [1.54, 1.807) is 11.0 Å². The maximum absolute atomic E-state index is 12.4. The van der Waals surface area contributed by atoms with Crippen molar-refractivity contribution in [3.63, 3.8) is 0 Å². The number of nitrogens with two attached hydrogens (primary N) is 1. The molecule has 5 heteroatoms. The van der Waals surface area contributed by atoms with E-state index in [9.17, 15) is 14.7 Å². The molecule has 1 aromatic carbocycles. The highest BCUT2D eigenvalue weighted by Crippen LogP contribution is 2.35. The standard InChI is InChI=1S/C16H22N2O3/c1-11(10-17)6-7-15(19)18-9-8-13(16(20)21)12-4-2-3-5-14(12)18/h2-5,11,13H,6-10,17H2,1H3,(H,20,21). The van der Waals surface area contributed by atoms with Crippen molar-refractivity contribution in [2.45, 2.75) is 32.1 Å². The zero-order chi connectivity index (χ0) is 15.4. The molecule has 1 heterocycles. The van der Waals surface area contributed by atoms with Crippen LogP contribution in [0.3, 0.4) is 0 Å². The molecule has 1 aliphatic heterocycles. The van der Waals surface area contributed by atoms with Crippen molar-refractivity contribution >= 4 is 17.6 Å². The molecule has 5 nitrogen and oxygen atoms in total. The summed E-state index contributed by atoms with van der Waals surface area (Å²) in [5, 5.41) is 9.30. The Labute approximate surface area is 124 Å². The zero-order valence-corrected chi connectivity index (χ0v) is 12.3. The lowest BCUT2D eigenvalue weighted by Crippen LogP contribution is -2.38. The Morgan fingerprint density at radius 3 is 2.81 bits per heavy atom. The van der Waals surface area contributed by atoms with Crippen LogP contribution in [0.25, 0.3) is 0 Å². The predicted molar refractivity (Wildman–Crippen MR) is 81.2 cm³/mol. The minimum absolute atomic E-state index is 0.0478. The number of carbonyl (C=O) groups excluding carboxylic acids is 1. The summed E-state index contributed by atoms with van der Waals surface area (Å²) in [5.41, 5.74) is 7.04. The molecule has 2 unspecified atom stereocenters. The van der Waals surface area contributed by atoms with E-state index in [-0.39, 0.29) is 5.91 Å². The number of hydrogen-bond acceptors (Lipinski definition) is 3. The summed E-state index contributed by atoms with van der Waals surface area (Å²) in [6, 6.07) is 7.29. The molecule has 0 aromatic heterocycles. The first-order valence-corrected chi connectivity index (χ1v) is 7.36. The van der Waals surface area contributed by atoms with Gasteiger partial charge in [0.25, 0.3) is 0 Å². The number of nitrogens with zero attached hydrogens (tertiary/aromatic N) is 1. The summed E-state index contributed by atoms with van der Waals surface area (Å²) in [4.78, 5) is 25.4. The van der Waals surface area contributed by atoms with Gasteiger partial charge in [0.15, 0.2) is 0 Å². The summed E-state index contributed by atoms with van der Waals surface area (Å²) in [7, 11) is 0. The van der Waals surface area contributed by atoms with Gasteiger partial charge in [-0.15, -0.1) is 0 Å². The van der Waals surface area contributed by atoms with Crippen molar-refractivity contribution < 1.29 is 14.7 Å². The molecule has 3 N–H and O–H groups in total. The van der Waals surface area contributed by atoms with Crippen LogP contribution >= 0.6 is 0 Å². The van der Waals surface area contributed by atoms with Gasteiger partial charge in [-0.1, -0.05) is 25.1 Å². The molecule has 0 fully saturated rings. The molecule has 0 spiro atoms. The van der Waals surface area contributed by atoms with Crippen molar-refractivity contribution in [2.75, 3.05) is 18.0 Å². The number of hydrogen-bond donors (Lipinski definition) is 2. The number of benzene rings is 1. The molecule has 0 saturated heterocycles. The van der Waals surface area contributed by atoms with Gasteiger partial charge in [0, 0.05) is 18.7 Å². The highest BCUT2D eigenvalue weighted by Gasteiger charge is 2.32. The van der Waals surface area contributed by atoms with E-state index in [0.29, 0.717) is 31.8 Å². The molecular formula is C16H22N2O3. The van der Waals surface area contributed by atoms with E-state index in [1.807, 2.05) is 25.1 Å². The largest absolute Gasteiger partial charge is 0.481 e. The van der Waals surface area contributed by atoms with Gasteiger partial charge in [-0.25, -0.2) is 0 Å². The maximum atomic E-state index is 12.4. The maximum Gasteiger partial charge on any atom is 0.311 e. The Bertz CT molecular complexity index is 530. The molecule has 0 saturated carbocycles. The molecule has 0 bridgehead atoms. The summed E-state index contributed by atoms with van der Waals surface area (Å²) in [6.45, 7) is 3.06. The van der Waals surface area contributed by atoms with Gasteiger partial charge in [0.2, 0.25) is 5.91 Å².